The molecule has 1 aliphatic heterocycles. The third-order valence-corrected chi connectivity index (χ3v) is 3.85. The molecule has 1 fully saturated rings. The monoisotopic (exact) mass is 295 g/mol. The van der Waals surface area contributed by atoms with Crippen LogP contribution in [-0.4, -0.2) is 41.0 Å². The van der Waals surface area contributed by atoms with E-state index >= 15 is 0 Å². The van der Waals surface area contributed by atoms with E-state index in [2.05, 4.69) is 25.8 Å². The third kappa shape index (κ3) is 3.32. The molecular weight excluding hydrogens is 278 g/mol. The van der Waals surface area contributed by atoms with Crippen LogP contribution >= 0.6 is 0 Å². The predicted molar refractivity (Wildman–Crippen MR) is 83.5 cm³/mol. The minimum absolute atomic E-state index is 0.120. The van der Waals surface area contributed by atoms with E-state index in [1.807, 2.05) is 24.3 Å². The molecule has 1 aromatic carbocycles. The second-order valence-corrected chi connectivity index (χ2v) is 5.34. The quantitative estimate of drug-likeness (QED) is 0.913. The summed E-state index contributed by atoms with van der Waals surface area (Å²) in [4.78, 5) is 22.6. The van der Waals surface area contributed by atoms with Crippen LogP contribution in [-0.2, 0) is 6.54 Å². The van der Waals surface area contributed by atoms with Crippen LogP contribution in [0.3, 0.4) is 0 Å². The van der Waals surface area contributed by atoms with Crippen molar-refractivity contribution in [1.29, 1.82) is 5.26 Å². The fourth-order valence-electron chi connectivity index (χ4n) is 2.61. The van der Waals surface area contributed by atoms with Gasteiger partial charge in [0.15, 0.2) is 0 Å². The highest BCUT2D eigenvalue weighted by Crippen LogP contribution is 2.13. The van der Waals surface area contributed by atoms with Gasteiger partial charge in [-0.1, -0.05) is 12.1 Å². The topological polar surface area (TPSA) is 76.0 Å². The Morgan fingerprint density at radius 3 is 2.55 bits per heavy atom. The van der Waals surface area contributed by atoms with Crippen LogP contribution in [0.2, 0.25) is 0 Å². The molecule has 1 N–H and O–H groups in total. The first kappa shape index (κ1) is 14.3. The van der Waals surface area contributed by atoms with Gasteiger partial charge in [0, 0.05) is 38.8 Å². The molecule has 2 aromatic rings. The maximum atomic E-state index is 11.3. The van der Waals surface area contributed by atoms with Gasteiger partial charge in [0.05, 0.1) is 18.0 Å². The first-order valence-corrected chi connectivity index (χ1v) is 7.26. The van der Waals surface area contributed by atoms with Crippen molar-refractivity contribution in [3.8, 4) is 6.07 Å². The van der Waals surface area contributed by atoms with E-state index < -0.39 is 0 Å². The number of nitriles is 1. The van der Waals surface area contributed by atoms with Crippen molar-refractivity contribution in [2.45, 2.75) is 6.54 Å². The van der Waals surface area contributed by atoms with Gasteiger partial charge in [0.1, 0.15) is 5.82 Å². The Balaban J connectivity index is 1.57. The van der Waals surface area contributed by atoms with E-state index in [1.165, 1.54) is 18.0 Å². The summed E-state index contributed by atoms with van der Waals surface area (Å²) in [6.07, 6.45) is 1.45. The molecule has 0 unspecified atom stereocenters. The third-order valence-electron chi connectivity index (χ3n) is 3.85. The molecule has 22 heavy (non-hydrogen) atoms. The molecule has 0 amide bonds. The first-order chi connectivity index (χ1) is 10.7. The highest BCUT2D eigenvalue weighted by Gasteiger charge is 2.18. The number of H-pyrrole nitrogens is 1. The van der Waals surface area contributed by atoms with Gasteiger partial charge >= 0.3 is 0 Å². The molecule has 0 radical (unpaired) electrons. The minimum atomic E-state index is -0.120. The van der Waals surface area contributed by atoms with Crippen LogP contribution in [0.1, 0.15) is 11.1 Å². The number of hydrogen-bond donors (Lipinski definition) is 1. The Morgan fingerprint density at radius 2 is 1.91 bits per heavy atom. The van der Waals surface area contributed by atoms with Crippen molar-refractivity contribution in [2.75, 3.05) is 31.1 Å². The summed E-state index contributed by atoms with van der Waals surface area (Å²) in [5, 5.41) is 8.81. The normalized spacial score (nSPS) is 15.5. The molecule has 6 heteroatoms. The Labute approximate surface area is 128 Å². The molecule has 0 bridgehead atoms. The Hall–Kier alpha value is -2.65. The van der Waals surface area contributed by atoms with Crippen LogP contribution in [0.5, 0.6) is 0 Å². The van der Waals surface area contributed by atoms with E-state index in [0.717, 1.165) is 38.5 Å². The van der Waals surface area contributed by atoms with Crippen molar-refractivity contribution in [2.24, 2.45) is 0 Å². The molecule has 0 atom stereocenters. The zero-order chi connectivity index (χ0) is 15.4. The lowest BCUT2D eigenvalue weighted by molar-refractivity contribution is 0.249. The summed E-state index contributed by atoms with van der Waals surface area (Å²) in [5.41, 5.74) is 1.78. The molecule has 112 valence electrons. The average Bonchev–Trinajstić information content (AvgIpc) is 2.56. The lowest BCUT2D eigenvalue weighted by Gasteiger charge is -2.35. The number of piperazine rings is 1. The lowest BCUT2D eigenvalue weighted by Crippen LogP contribution is -2.46. The van der Waals surface area contributed by atoms with Crippen molar-refractivity contribution in [1.82, 2.24) is 14.9 Å². The lowest BCUT2D eigenvalue weighted by atomic mass is 10.1. The van der Waals surface area contributed by atoms with Crippen molar-refractivity contribution >= 4 is 5.82 Å². The van der Waals surface area contributed by atoms with Crippen LogP contribution in [0.4, 0.5) is 5.82 Å². The Bertz CT molecular complexity index is 723. The molecular formula is C16H17N5O. The molecule has 1 saturated heterocycles. The van der Waals surface area contributed by atoms with Gasteiger partial charge in [-0.05, 0) is 17.7 Å². The molecule has 6 nitrogen and oxygen atoms in total. The van der Waals surface area contributed by atoms with Crippen LogP contribution in [0.25, 0.3) is 0 Å². The maximum Gasteiger partial charge on any atom is 0.252 e. The van der Waals surface area contributed by atoms with Gasteiger partial charge < -0.3 is 9.88 Å². The number of aromatic nitrogens is 2. The second kappa shape index (κ2) is 6.41. The summed E-state index contributed by atoms with van der Waals surface area (Å²) < 4.78 is 0. The molecule has 0 spiro atoms. The van der Waals surface area contributed by atoms with E-state index in [4.69, 9.17) is 5.26 Å². The maximum absolute atomic E-state index is 11.3. The van der Waals surface area contributed by atoms with Gasteiger partial charge in [-0.15, -0.1) is 0 Å². The fourth-order valence-corrected chi connectivity index (χ4v) is 2.61. The summed E-state index contributed by atoms with van der Waals surface area (Å²) in [6, 6.07) is 11.4. The van der Waals surface area contributed by atoms with Crippen molar-refractivity contribution < 1.29 is 0 Å². The van der Waals surface area contributed by atoms with Gasteiger partial charge in [-0.25, -0.2) is 4.98 Å². The van der Waals surface area contributed by atoms with E-state index in [0.29, 0.717) is 5.56 Å². The fraction of sp³-hybridized carbons (Fsp3) is 0.312. The van der Waals surface area contributed by atoms with Gasteiger partial charge in [0.25, 0.3) is 5.56 Å². The van der Waals surface area contributed by atoms with E-state index in [9.17, 15) is 4.79 Å². The van der Waals surface area contributed by atoms with Gasteiger partial charge in [0.2, 0.25) is 0 Å². The molecule has 1 aliphatic rings. The van der Waals surface area contributed by atoms with Crippen LogP contribution in [0, 0.1) is 11.3 Å². The largest absolute Gasteiger partial charge is 0.354 e. The smallest absolute Gasteiger partial charge is 0.252 e. The number of rotatable bonds is 3. The highest BCUT2D eigenvalue weighted by atomic mass is 16.1. The Morgan fingerprint density at radius 1 is 1.18 bits per heavy atom. The second-order valence-electron chi connectivity index (χ2n) is 5.34. The summed E-state index contributed by atoms with van der Waals surface area (Å²) in [6.45, 7) is 4.44. The number of hydrogen-bond acceptors (Lipinski definition) is 5. The molecule has 1 aromatic heterocycles. The number of nitrogens with one attached hydrogen (secondary N) is 1. The number of benzene rings is 1. The van der Waals surface area contributed by atoms with E-state index in [1.54, 1.807) is 0 Å². The standard InChI is InChI=1S/C16H17N5O/c17-10-13-1-3-14(4-2-13)11-20-5-7-21(8-6-20)15-9-16(22)19-12-18-15/h1-4,9,12H,5-8,11H2,(H,18,19,22). The summed E-state index contributed by atoms with van der Waals surface area (Å²) in [5.74, 6) is 0.738. The average molecular weight is 295 g/mol. The summed E-state index contributed by atoms with van der Waals surface area (Å²) in [7, 11) is 0. The molecule has 3 rings (SSSR count). The van der Waals surface area contributed by atoms with E-state index in [-0.39, 0.29) is 5.56 Å². The predicted octanol–water partition coefficient (Wildman–Crippen LogP) is 0.964. The number of aromatic amines is 1. The van der Waals surface area contributed by atoms with Crippen molar-refractivity contribution in [3.63, 3.8) is 0 Å². The van der Waals surface area contributed by atoms with Crippen LogP contribution in [0.15, 0.2) is 41.5 Å². The van der Waals surface area contributed by atoms with Gasteiger partial charge in [-0.2, -0.15) is 5.26 Å². The van der Waals surface area contributed by atoms with Gasteiger partial charge in [-0.3, -0.25) is 9.69 Å². The Kier molecular flexibility index (Phi) is 4.17. The minimum Gasteiger partial charge on any atom is -0.354 e. The summed E-state index contributed by atoms with van der Waals surface area (Å²) >= 11 is 0. The molecule has 0 aliphatic carbocycles. The first-order valence-electron chi connectivity index (χ1n) is 7.26. The zero-order valence-corrected chi connectivity index (χ0v) is 12.2. The SMILES string of the molecule is N#Cc1ccc(CN2CCN(c3cc(=O)[nH]cn3)CC2)cc1. The number of anilines is 1. The number of nitrogens with zero attached hydrogens (tertiary/aromatic N) is 4. The highest BCUT2D eigenvalue weighted by molar-refractivity contribution is 5.37. The zero-order valence-electron chi connectivity index (χ0n) is 12.2. The molecule has 2 heterocycles. The van der Waals surface area contributed by atoms with Crippen molar-refractivity contribution in [3.05, 3.63) is 58.1 Å². The van der Waals surface area contributed by atoms with Crippen LogP contribution < -0.4 is 10.5 Å². The molecule has 0 saturated carbocycles.